The number of benzene rings is 1. The van der Waals surface area contributed by atoms with E-state index in [0.29, 0.717) is 17.8 Å². The Balaban J connectivity index is 2.15. The number of hydrogen-bond donors (Lipinski definition) is 1. The van der Waals surface area contributed by atoms with Crippen LogP contribution in [0.1, 0.15) is 21.5 Å². The summed E-state index contributed by atoms with van der Waals surface area (Å²) in [5.74, 6) is -0.0747. The molecule has 0 saturated heterocycles. The average molecular weight is 255 g/mol. The summed E-state index contributed by atoms with van der Waals surface area (Å²) in [5, 5.41) is 0. The average Bonchev–Trinajstić information content (AvgIpc) is 2.39. The van der Waals surface area contributed by atoms with Crippen molar-refractivity contribution in [3.05, 3.63) is 59.4 Å². The van der Waals surface area contributed by atoms with Gasteiger partial charge in [0.1, 0.15) is 0 Å². The quantitative estimate of drug-likeness (QED) is 0.856. The van der Waals surface area contributed by atoms with Gasteiger partial charge in [0.25, 0.3) is 5.91 Å². The molecule has 0 aliphatic carbocycles. The monoisotopic (exact) mass is 255 g/mol. The van der Waals surface area contributed by atoms with Gasteiger partial charge >= 0.3 is 0 Å². The highest BCUT2D eigenvalue weighted by Gasteiger charge is 2.14. The molecule has 1 amide bonds. The first-order chi connectivity index (χ1) is 9.08. The molecule has 0 aliphatic rings. The molecule has 0 atom stereocenters. The van der Waals surface area contributed by atoms with Crippen LogP contribution in [0.15, 0.2) is 42.7 Å². The Labute approximate surface area is 112 Å². The van der Waals surface area contributed by atoms with Gasteiger partial charge in [-0.2, -0.15) is 0 Å². The Morgan fingerprint density at radius 3 is 2.58 bits per heavy atom. The van der Waals surface area contributed by atoms with E-state index in [0.717, 1.165) is 11.1 Å². The van der Waals surface area contributed by atoms with Gasteiger partial charge in [0.2, 0.25) is 0 Å². The molecule has 0 fully saturated rings. The van der Waals surface area contributed by atoms with Crippen LogP contribution in [-0.2, 0) is 6.54 Å². The summed E-state index contributed by atoms with van der Waals surface area (Å²) in [6.45, 7) is 2.49. The molecule has 1 aromatic heterocycles. The number of aryl methyl sites for hydroxylation is 1. The first-order valence-electron chi connectivity index (χ1n) is 6.08. The van der Waals surface area contributed by atoms with E-state index in [9.17, 15) is 4.79 Å². The van der Waals surface area contributed by atoms with Gasteiger partial charge in [0, 0.05) is 31.7 Å². The van der Waals surface area contributed by atoms with Crippen molar-refractivity contribution in [3.8, 4) is 0 Å². The Kier molecular flexibility index (Phi) is 3.80. The summed E-state index contributed by atoms with van der Waals surface area (Å²) in [6, 6.07) is 9.26. The Morgan fingerprint density at radius 1 is 1.26 bits per heavy atom. The van der Waals surface area contributed by atoms with Crippen molar-refractivity contribution in [2.24, 2.45) is 0 Å². The SMILES string of the molecule is Cc1ccc(C(=O)N(C)Cc2ccncc2)c(N)c1. The minimum atomic E-state index is -0.0747. The third-order valence-electron chi connectivity index (χ3n) is 2.95. The molecule has 0 spiro atoms. The van der Waals surface area contributed by atoms with Crippen LogP contribution in [0, 0.1) is 6.92 Å². The van der Waals surface area contributed by atoms with E-state index < -0.39 is 0 Å². The maximum atomic E-state index is 12.3. The van der Waals surface area contributed by atoms with Crippen LogP contribution in [0.4, 0.5) is 5.69 Å². The molecule has 0 unspecified atom stereocenters. The second-order valence-corrected chi connectivity index (χ2v) is 4.61. The van der Waals surface area contributed by atoms with E-state index in [4.69, 9.17) is 5.73 Å². The van der Waals surface area contributed by atoms with Crippen LogP contribution in [0.5, 0.6) is 0 Å². The van der Waals surface area contributed by atoms with Crippen LogP contribution in [0.2, 0.25) is 0 Å². The maximum absolute atomic E-state index is 12.3. The number of carbonyl (C=O) groups excluding carboxylic acids is 1. The molecule has 2 aromatic rings. The Hall–Kier alpha value is -2.36. The highest BCUT2D eigenvalue weighted by atomic mass is 16.2. The number of amides is 1. The summed E-state index contributed by atoms with van der Waals surface area (Å²) < 4.78 is 0. The molecule has 4 nitrogen and oxygen atoms in total. The van der Waals surface area contributed by atoms with Gasteiger partial charge in [-0.25, -0.2) is 0 Å². The molecule has 0 aliphatic heterocycles. The van der Waals surface area contributed by atoms with Crippen LogP contribution in [-0.4, -0.2) is 22.8 Å². The maximum Gasteiger partial charge on any atom is 0.255 e. The largest absolute Gasteiger partial charge is 0.398 e. The van der Waals surface area contributed by atoms with Crippen molar-refractivity contribution in [2.75, 3.05) is 12.8 Å². The third kappa shape index (κ3) is 3.10. The molecule has 19 heavy (non-hydrogen) atoms. The fraction of sp³-hybridized carbons (Fsp3) is 0.200. The number of aromatic nitrogens is 1. The van der Waals surface area contributed by atoms with E-state index in [1.807, 2.05) is 31.2 Å². The molecule has 0 saturated carbocycles. The van der Waals surface area contributed by atoms with E-state index >= 15 is 0 Å². The van der Waals surface area contributed by atoms with E-state index in [2.05, 4.69) is 4.98 Å². The Morgan fingerprint density at radius 2 is 1.95 bits per heavy atom. The van der Waals surface area contributed by atoms with Crippen LogP contribution in [0.25, 0.3) is 0 Å². The summed E-state index contributed by atoms with van der Waals surface area (Å²) in [4.78, 5) is 17.9. The van der Waals surface area contributed by atoms with Gasteiger partial charge in [-0.1, -0.05) is 6.07 Å². The highest BCUT2D eigenvalue weighted by Crippen LogP contribution is 2.16. The first-order valence-corrected chi connectivity index (χ1v) is 6.08. The number of anilines is 1. The van der Waals surface area contributed by atoms with Crippen molar-refractivity contribution in [3.63, 3.8) is 0 Å². The molecular formula is C15H17N3O. The van der Waals surface area contributed by atoms with Gasteiger partial charge in [-0.3, -0.25) is 9.78 Å². The van der Waals surface area contributed by atoms with Crippen molar-refractivity contribution < 1.29 is 4.79 Å². The number of nitrogens with two attached hydrogens (primary N) is 1. The lowest BCUT2D eigenvalue weighted by Crippen LogP contribution is -2.27. The predicted molar refractivity (Wildman–Crippen MR) is 75.6 cm³/mol. The fourth-order valence-corrected chi connectivity index (χ4v) is 1.92. The van der Waals surface area contributed by atoms with E-state index in [-0.39, 0.29) is 5.91 Å². The first kappa shape index (κ1) is 13.1. The van der Waals surface area contributed by atoms with Crippen molar-refractivity contribution >= 4 is 11.6 Å². The standard InChI is InChI=1S/C15H17N3O/c1-11-3-4-13(14(16)9-11)15(19)18(2)10-12-5-7-17-8-6-12/h3-9H,10,16H2,1-2H3. The van der Waals surface area contributed by atoms with Crippen molar-refractivity contribution in [1.82, 2.24) is 9.88 Å². The lowest BCUT2D eigenvalue weighted by atomic mass is 10.1. The summed E-state index contributed by atoms with van der Waals surface area (Å²) in [7, 11) is 1.77. The van der Waals surface area contributed by atoms with Gasteiger partial charge < -0.3 is 10.6 Å². The normalized spacial score (nSPS) is 10.2. The topological polar surface area (TPSA) is 59.2 Å². The summed E-state index contributed by atoms with van der Waals surface area (Å²) in [5.41, 5.74) is 9.05. The fourth-order valence-electron chi connectivity index (χ4n) is 1.92. The lowest BCUT2D eigenvalue weighted by molar-refractivity contribution is 0.0786. The van der Waals surface area contributed by atoms with Crippen LogP contribution in [0.3, 0.4) is 0 Å². The van der Waals surface area contributed by atoms with Crippen molar-refractivity contribution in [2.45, 2.75) is 13.5 Å². The number of pyridine rings is 1. The minimum Gasteiger partial charge on any atom is -0.398 e. The van der Waals surface area contributed by atoms with E-state index in [1.165, 1.54) is 0 Å². The van der Waals surface area contributed by atoms with Gasteiger partial charge in [-0.05, 0) is 42.3 Å². The second kappa shape index (κ2) is 5.52. The summed E-state index contributed by atoms with van der Waals surface area (Å²) >= 11 is 0. The number of nitrogen functional groups attached to an aromatic ring is 1. The zero-order valence-electron chi connectivity index (χ0n) is 11.1. The van der Waals surface area contributed by atoms with Crippen LogP contribution < -0.4 is 5.73 Å². The van der Waals surface area contributed by atoms with Gasteiger partial charge in [-0.15, -0.1) is 0 Å². The number of carbonyl (C=O) groups is 1. The highest BCUT2D eigenvalue weighted by molar-refractivity contribution is 5.99. The molecule has 2 N–H and O–H groups in total. The minimum absolute atomic E-state index is 0.0747. The van der Waals surface area contributed by atoms with E-state index in [1.54, 1.807) is 30.4 Å². The molecule has 98 valence electrons. The molecule has 4 heteroatoms. The van der Waals surface area contributed by atoms with Crippen LogP contribution >= 0.6 is 0 Å². The zero-order chi connectivity index (χ0) is 13.8. The van der Waals surface area contributed by atoms with Crippen molar-refractivity contribution in [1.29, 1.82) is 0 Å². The Bertz CT molecular complexity index is 581. The molecular weight excluding hydrogens is 238 g/mol. The molecule has 2 rings (SSSR count). The van der Waals surface area contributed by atoms with Gasteiger partial charge in [0.15, 0.2) is 0 Å². The number of rotatable bonds is 3. The lowest BCUT2D eigenvalue weighted by Gasteiger charge is -2.18. The molecule has 0 bridgehead atoms. The number of hydrogen-bond acceptors (Lipinski definition) is 3. The molecule has 1 aromatic carbocycles. The zero-order valence-corrected chi connectivity index (χ0v) is 11.1. The number of nitrogens with zero attached hydrogens (tertiary/aromatic N) is 2. The second-order valence-electron chi connectivity index (χ2n) is 4.61. The van der Waals surface area contributed by atoms with Gasteiger partial charge in [0.05, 0.1) is 5.56 Å². The third-order valence-corrected chi connectivity index (χ3v) is 2.95. The molecule has 0 radical (unpaired) electrons. The summed E-state index contributed by atoms with van der Waals surface area (Å²) in [6.07, 6.45) is 3.43. The molecule has 1 heterocycles. The smallest absolute Gasteiger partial charge is 0.255 e. The predicted octanol–water partition coefficient (Wildman–Crippen LogP) is 2.24.